The van der Waals surface area contributed by atoms with Gasteiger partial charge in [-0.1, -0.05) is 12.1 Å². The van der Waals surface area contributed by atoms with Crippen LogP contribution in [0.2, 0.25) is 0 Å². The van der Waals surface area contributed by atoms with Gasteiger partial charge in [0, 0.05) is 0 Å². The van der Waals surface area contributed by atoms with Crippen molar-refractivity contribution < 1.29 is 19.5 Å². The minimum Gasteiger partial charge on any atom is -0.493 e. The molecule has 0 amide bonds. The summed E-state index contributed by atoms with van der Waals surface area (Å²) < 4.78 is 5.88. The molecule has 0 saturated carbocycles. The summed E-state index contributed by atoms with van der Waals surface area (Å²) in [5.74, 6) is 0.685. The predicted octanol–water partition coefficient (Wildman–Crippen LogP) is 1.87. The lowest BCUT2D eigenvalue weighted by Gasteiger charge is -2.22. The molecule has 1 aromatic carbocycles. The zero-order valence-electron chi connectivity index (χ0n) is 13.2. The molecule has 2 saturated heterocycles. The van der Waals surface area contributed by atoms with Crippen LogP contribution in [0.25, 0.3) is 0 Å². The molecule has 1 aromatic rings. The van der Waals surface area contributed by atoms with E-state index in [2.05, 4.69) is 10.8 Å². The lowest BCUT2D eigenvalue weighted by molar-refractivity contribution is -0.140. The second kappa shape index (κ2) is 7.77. The van der Waals surface area contributed by atoms with E-state index in [1.165, 1.54) is 12.8 Å². The molecule has 0 spiro atoms. The van der Waals surface area contributed by atoms with Crippen molar-refractivity contribution >= 4 is 5.97 Å². The molecule has 6 heteroatoms. The number of rotatable bonds is 6. The molecular weight excluding hydrogens is 296 g/mol. The third-order valence-electron chi connectivity index (χ3n) is 4.50. The normalized spacial score (nSPS) is 25.4. The molecule has 2 aliphatic rings. The van der Waals surface area contributed by atoms with Crippen molar-refractivity contribution in [3.8, 4) is 5.75 Å². The van der Waals surface area contributed by atoms with Crippen LogP contribution >= 0.6 is 0 Å². The summed E-state index contributed by atoms with van der Waals surface area (Å²) in [5, 5.41) is 12.2. The van der Waals surface area contributed by atoms with E-state index in [1.54, 1.807) is 0 Å². The van der Waals surface area contributed by atoms with Crippen LogP contribution in [0.5, 0.6) is 5.75 Å². The number of benzene rings is 1. The summed E-state index contributed by atoms with van der Waals surface area (Å²) in [7, 11) is 0. The Bertz CT molecular complexity index is 514. The van der Waals surface area contributed by atoms with Crippen LogP contribution in [0.15, 0.2) is 24.3 Å². The molecule has 3 N–H and O–H groups in total. The standard InChI is InChI=1S/C17H24N2O4/c20-17(21)10-15-9-16(19-23-15)13-1-3-14(4-2-13)22-11-12-5-7-18-8-6-12/h1-4,12,15-16,18-19H,5-11H2,(H,20,21). The summed E-state index contributed by atoms with van der Waals surface area (Å²) in [6.07, 6.45) is 2.77. The minimum atomic E-state index is -0.834. The molecular formula is C17H24N2O4. The Morgan fingerprint density at radius 3 is 2.70 bits per heavy atom. The van der Waals surface area contributed by atoms with Crippen LogP contribution in [0.3, 0.4) is 0 Å². The number of piperidine rings is 1. The molecule has 3 rings (SSSR count). The molecule has 2 atom stereocenters. The Hall–Kier alpha value is -1.63. The highest BCUT2D eigenvalue weighted by molar-refractivity contribution is 5.67. The Morgan fingerprint density at radius 1 is 1.26 bits per heavy atom. The monoisotopic (exact) mass is 320 g/mol. The Morgan fingerprint density at radius 2 is 2.00 bits per heavy atom. The maximum Gasteiger partial charge on any atom is 0.306 e. The minimum absolute atomic E-state index is 0.0287. The van der Waals surface area contributed by atoms with E-state index in [0.29, 0.717) is 12.3 Å². The van der Waals surface area contributed by atoms with Crippen molar-refractivity contribution in [3.05, 3.63) is 29.8 Å². The fraction of sp³-hybridized carbons (Fsp3) is 0.588. The first-order valence-corrected chi connectivity index (χ1v) is 8.27. The quantitative estimate of drug-likeness (QED) is 0.742. The lowest BCUT2D eigenvalue weighted by Crippen LogP contribution is -2.30. The highest BCUT2D eigenvalue weighted by Crippen LogP contribution is 2.28. The molecule has 2 unspecified atom stereocenters. The van der Waals surface area contributed by atoms with E-state index in [0.717, 1.165) is 31.0 Å². The van der Waals surface area contributed by atoms with Crippen molar-refractivity contribution in [2.75, 3.05) is 19.7 Å². The van der Waals surface area contributed by atoms with Gasteiger partial charge >= 0.3 is 5.97 Å². The molecule has 0 bridgehead atoms. The molecule has 6 nitrogen and oxygen atoms in total. The van der Waals surface area contributed by atoms with E-state index in [4.69, 9.17) is 14.7 Å². The van der Waals surface area contributed by atoms with Crippen molar-refractivity contribution in [1.29, 1.82) is 0 Å². The SMILES string of the molecule is O=C(O)CC1CC(c2ccc(OCC3CCNCC3)cc2)NO1. The van der Waals surface area contributed by atoms with E-state index in [-0.39, 0.29) is 18.6 Å². The molecule has 0 aliphatic carbocycles. The van der Waals surface area contributed by atoms with Gasteiger partial charge in [0.1, 0.15) is 5.75 Å². The molecule has 2 heterocycles. The van der Waals surface area contributed by atoms with E-state index >= 15 is 0 Å². The summed E-state index contributed by atoms with van der Waals surface area (Å²) >= 11 is 0. The third kappa shape index (κ3) is 4.67. The van der Waals surface area contributed by atoms with Crippen LogP contribution in [-0.2, 0) is 9.63 Å². The molecule has 0 aromatic heterocycles. The fourth-order valence-electron chi connectivity index (χ4n) is 3.12. The van der Waals surface area contributed by atoms with Gasteiger partial charge in [-0.3, -0.25) is 9.63 Å². The third-order valence-corrected chi connectivity index (χ3v) is 4.50. The molecule has 2 aliphatic heterocycles. The zero-order valence-corrected chi connectivity index (χ0v) is 13.2. The van der Waals surface area contributed by atoms with Gasteiger partial charge in [-0.05, 0) is 56.0 Å². The van der Waals surface area contributed by atoms with Crippen molar-refractivity contribution in [2.45, 2.75) is 37.8 Å². The van der Waals surface area contributed by atoms with Gasteiger partial charge in [0.05, 0.1) is 25.2 Å². The number of nitrogens with one attached hydrogen (secondary N) is 2. The number of hydrogen-bond donors (Lipinski definition) is 3. The largest absolute Gasteiger partial charge is 0.493 e. The number of aliphatic carboxylic acids is 1. The number of hydrogen-bond acceptors (Lipinski definition) is 5. The maximum atomic E-state index is 10.7. The van der Waals surface area contributed by atoms with E-state index < -0.39 is 5.97 Å². The van der Waals surface area contributed by atoms with Gasteiger partial charge in [-0.15, -0.1) is 0 Å². The van der Waals surface area contributed by atoms with Gasteiger partial charge < -0.3 is 15.2 Å². The Balaban J connectivity index is 1.48. The topological polar surface area (TPSA) is 79.8 Å². The van der Waals surface area contributed by atoms with Crippen LogP contribution in [0, 0.1) is 5.92 Å². The van der Waals surface area contributed by atoms with Crippen molar-refractivity contribution in [1.82, 2.24) is 10.8 Å². The highest BCUT2D eigenvalue weighted by Gasteiger charge is 2.28. The first-order chi connectivity index (χ1) is 11.2. The van der Waals surface area contributed by atoms with Gasteiger partial charge in [0.15, 0.2) is 0 Å². The Kier molecular flexibility index (Phi) is 5.48. The number of carboxylic acids is 1. The Labute approximate surface area is 136 Å². The predicted molar refractivity (Wildman–Crippen MR) is 85.2 cm³/mol. The number of ether oxygens (including phenoxy) is 1. The summed E-state index contributed by atoms with van der Waals surface area (Å²) in [5.41, 5.74) is 4.01. The van der Waals surface area contributed by atoms with Crippen molar-refractivity contribution in [2.24, 2.45) is 5.92 Å². The molecule has 0 radical (unpaired) electrons. The average Bonchev–Trinajstić information content (AvgIpc) is 3.02. The smallest absolute Gasteiger partial charge is 0.306 e. The maximum absolute atomic E-state index is 10.7. The van der Waals surface area contributed by atoms with Gasteiger partial charge in [-0.25, -0.2) is 0 Å². The molecule has 23 heavy (non-hydrogen) atoms. The second-order valence-corrected chi connectivity index (χ2v) is 6.32. The summed E-state index contributed by atoms with van der Waals surface area (Å²) in [6, 6.07) is 8.02. The van der Waals surface area contributed by atoms with Crippen LogP contribution in [-0.4, -0.2) is 36.9 Å². The van der Waals surface area contributed by atoms with Gasteiger partial charge in [0.25, 0.3) is 0 Å². The van der Waals surface area contributed by atoms with Crippen LogP contribution in [0.4, 0.5) is 0 Å². The van der Waals surface area contributed by atoms with Gasteiger partial charge in [0.2, 0.25) is 0 Å². The highest BCUT2D eigenvalue weighted by atomic mass is 16.7. The lowest BCUT2D eigenvalue weighted by atomic mass is 9.99. The summed E-state index contributed by atoms with van der Waals surface area (Å²) in [4.78, 5) is 16.0. The first-order valence-electron chi connectivity index (χ1n) is 8.27. The van der Waals surface area contributed by atoms with Crippen molar-refractivity contribution in [3.63, 3.8) is 0 Å². The van der Waals surface area contributed by atoms with E-state index in [9.17, 15) is 4.79 Å². The van der Waals surface area contributed by atoms with Crippen LogP contribution in [0.1, 0.15) is 37.3 Å². The summed E-state index contributed by atoms with van der Waals surface area (Å²) in [6.45, 7) is 2.93. The zero-order chi connectivity index (χ0) is 16.1. The number of hydroxylamine groups is 1. The van der Waals surface area contributed by atoms with E-state index in [1.807, 2.05) is 24.3 Å². The number of carbonyl (C=O) groups is 1. The van der Waals surface area contributed by atoms with Gasteiger partial charge in [-0.2, -0.15) is 5.48 Å². The second-order valence-electron chi connectivity index (χ2n) is 6.32. The average molecular weight is 320 g/mol. The fourth-order valence-corrected chi connectivity index (χ4v) is 3.12. The first kappa shape index (κ1) is 16.2. The molecule has 126 valence electrons. The van der Waals surface area contributed by atoms with Crippen LogP contribution < -0.4 is 15.5 Å². The number of carboxylic acid groups (broad SMARTS) is 1. The molecule has 2 fully saturated rings.